The van der Waals surface area contributed by atoms with E-state index in [1.54, 1.807) is 31.4 Å². The van der Waals surface area contributed by atoms with Crippen LogP contribution in [0.2, 0.25) is 0 Å². The molecule has 0 aromatic heterocycles. The number of rotatable bonds is 3. The molecule has 4 heteroatoms. The Hall–Kier alpha value is -1.34. The van der Waals surface area contributed by atoms with Crippen molar-refractivity contribution in [3.8, 4) is 11.8 Å². The van der Waals surface area contributed by atoms with E-state index in [-0.39, 0.29) is 5.75 Å². The van der Waals surface area contributed by atoms with Gasteiger partial charge in [0.15, 0.2) is 0 Å². The van der Waals surface area contributed by atoms with Gasteiger partial charge in [0, 0.05) is 4.90 Å². The van der Waals surface area contributed by atoms with Gasteiger partial charge in [-0.2, -0.15) is 5.26 Å². The van der Waals surface area contributed by atoms with Gasteiger partial charge < -0.3 is 4.74 Å². The van der Waals surface area contributed by atoms with Crippen molar-refractivity contribution < 1.29 is 8.95 Å². The van der Waals surface area contributed by atoms with Crippen LogP contribution in [0.1, 0.15) is 0 Å². The number of hydrogen-bond donors (Lipinski definition) is 0. The van der Waals surface area contributed by atoms with Crippen molar-refractivity contribution in [2.24, 2.45) is 0 Å². The first-order valence-electron chi connectivity index (χ1n) is 3.67. The Morgan fingerprint density at radius 1 is 1.62 bits per heavy atom. The lowest BCUT2D eigenvalue weighted by molar-refractivity contribution is 0.413. The van der Waals surface area contributed by atoms with Crippen LogP contribution in [-0.2, 0) is 10.8 Å². The Labute approximate surface area is 79.4 Å². The molecule has 13 heavy (non-hydrogen) atoms. The maximum atomic E-state index is 11.3. The summed E-state index contributed by atoms with van der Waals surface area (Å²) in [5, 5.41) is 8.35. The highest BCUT2D eigenvalue weighted by Crippen LogP contribution is 2.15. The van der Waals surface area contributed by atoms with Gasteiger partial charge in [-0.1, -0.05) is 6.07 Å². The maximum Gasteiger partial charge on any atom is 0.120 e. The van der Waals surface area contributed by atoms with Crippen LogP contribution in [0.15, 0.2) is 29.2 Å². The summed E-state index contributed by atoms with van der Waals surface area (Å²) >= 11 is 0. The zero-order valence-electron chi connectivity index (χ0n) is 7.19. The molecule has 1 unspecified atom stereocenters. The molecule has 1 atom stereocenters. The highest BCUT2D eigenvalue weighted by Gasteiger charge is 2.03. The first kappa shape index (κ1) is 9.75. The van der Waals surface area contributed by atoms with E-state index in [9.17, 15) is 4.21 Å². The van der Waals surface area contributed by atoms with Gasteiger partial charge in [-0.25, -0.2) is 0 Å². The van der Waals surface area contributed by atoms with Gasteiger partial charge in [0.25, 0.3) is 0 Å². The lowest BCUT2D eigenvalue weighted by atomic mass is 10.3. The normalized spacial score (nSPS) is 11.7. The quantitative estimate of drug-likeness (QED) is 0.731. The lowest BCUT2D eigenvalue weighted by Crippen LogP contribution is -1.95. The summed E-state index contributed by atoms with van der Waals surface area (Å²) in [6.45, 7) is 0. The molecule has 0 N–H and O–H groups in total. The number of benzene rings is 1. The van der Waals surface area contributed by atoms with Gasteiger partial charge in [-0.3, -0.25) is 4.21 Å². The molecule has 0 aliphatic rings. The van der Waals surface area contributed by atoms with Crippen molar-refractivity contribution in [2.75, 3.05) is 12.9 Å². The third-order valence-corrected chi connectivity index (χ3v) is 2.67. The van der Waals surface area contributed by atoms with Crippen LogP contribution in [-0.4, -0.2) is 17.1 Å². The average molecular weight is 195 g/mol. The largest absolute Gasteiger partial charge is 0.497 e. The fourth-order valence-electron chi connectivity index (χ4n) is 0.885. The number of hydrogen-bond acceptors (Lipinski definition) is 3. The number of ether oxygens (including phenoxy) is 1. The van der Waals surface area contributed by atoms with Gasteiger partial charge in [0.05, 0.1) is 24.0 Å². The number of nitrogens with zero attached hydrogens (tertiary/aromatic N) is 1. The van der Waals surface area contributed by atoms with E-state index in [1.165, 1.54) is 0 Å². The lowest BCUT2D eigenvalue weighted by Gasteiger charge is -2.01. The van der Waals surface area contributed by atoms with Gasteiger partial charge in [-0.05, 0) is 18.2 Å². The highest BCUT2D eigenvalue weighted by atomic mass is 32.2. The van der Waals surface area contributed by atoms with Crippen LogP contribution in [0.25, 0.3) is 0 Å². The first-order chi connectivity index (χ1) is 6.27. The molecule has 0 amide bonds. The highest BCUT2D eigenvalue weighted by molar-refractivity contribution is 7.85. The molecule has 0 spiro atoms. The first-order valence-corrected chi connectivity index (χ1v) is 4.99. The van der Waals surface area contributed by atoms with E-state index in [1.807, 2.05) is 6.07 Å². The molecule has 68 valence electrons. The zero-order chi connectivity index (χ0) is 9.68. The van der Waals surface area contributed by atoms with Crippen molar-refractivity contribution in [1.29, 1.82) is 5.26 Å². The standard InChI is InChI=1S/C9H9NO2S/c1-12-8-3-2-4-9(7-8)13(11)6-5-10/h2-4,7H,6H2,1H3. The zero-order valence-corrected chi connectivity index (χ0v) is 8.00. The molecular weight excluding hydrogens is 186 g/mol. The summed E-state index contributed by atoms with van der Waals surface area (Å²) in [4.78, 5) is 0.626. The van der Waals surface area contributed by atoms with Crippen LogP contribution in [0.3, 0.4) is 0 Å². The van der Waals surface area contributed by atoms with Crippen molar-refractivity contribution in [3.63, 3.8) is 0 Å². The Kier molecular flexibility index (Phi) is 3.47. The molecule has 0 heterocycles. The Balaban J connectivity index is 2.89. The van der Waals surface area contributed by atoms with Crippen LogP contribution in [0.5, 0.6) is 5.75 Å². The second kappa shape index (κ2) is 4.63. The van der Waals surface area contributed by atoms with Gasteiger partial charge in [0.2, 0.25) is 0 Å². The maximum absolute atomic E-state index is 11.3. The molecule has 0 fully saturated rings. The summed E-state index contributed by atoms with van der Waals surface area (Å²) in [6.07, 6.45) is 0. The Morgan fingerprint density at radius 3 is 3.00 bits per heavy atom. The van der Waals surface area contributed by atoms with E-state index in [0.29, 0.717) is 10.6 Å². The molecule has 3 nitrogen and oxygen atoms in total. The van der Waals surface area contributed by atoms with E-state index < -0.39 is 10.8 Å². The summed E-state index contributed by atoms with van der Waals surface area (Å²) in [7, 11) is 0.312. The van der Waals surface area contributed by atoms with E-state index >= 15 is 0 Å². The monoisotopic (exact) mass is 195 g/mol. The Bertz CT molecular complexity index is 357. The molecule has 1 aromatic carbocycles. The topological polar surface area (TPSA) is 50.1 Å². The molecule has 0 saturated carbocycles. The fraction of sp³-hybridized carbons (Fsp3) is 0.222. The Morgan fingerprint density at radius 2 is 2.38 bits per heavy atom. The minimum Gasteiger partial charge on any atom is -0.497 e. The summed E-state index contributed by atoms with van der Waals surface area (Å²) in [6, 6.07) is 8.78. The van der Waals surface area contributed by atoms with Crippen LogP contribution in [0, 0.1) is 11.3 Å². The minimum absolute atomic E-state index is 0.0210. The molecule has 0 aliphatic carbocycles. The predicted octanol–water partition coefficient (Wildman–Crippen LogP) is 1.33. The molecule has 0 aliphatic heterocycles. The second-order valence-electron chi connectivity index (χ2n) is 2.33. The molecule has 1 aromatic rings. The molecule has 0 saturated heterocycles. The van der Waals surface area contributed by atoms with Crippen molar-refractivity contribution in [2.45, 2.75) is 4.90 Å². The third-order valence-electron chi connectivity index (χ3n) is 1.50. The second-order valence-corrected chi connectivity index (χ2v) is 3.78. The summed E-state index contributed by atoms with van der Waals surface area (Å²) in [5.74, 6) is 0.677. The SMILES string of the molecule is COc1cccc(S(=O)CC#N)c1. The molecular formula is C9H9NO2S. The van der Waals surface area contributed by atoms with Gasteiger partial charge in [-0.15, -0.1) is 0 Å². The minimum atomic E-state index is -1.24. The van der Waals surface area contributed by atoms with E-state index in [4.69, 9.17) is 10.00 Å². The number of nitriles is 1. The smallest absolute Gasteiger partial charge is 0.120 e. The summed E-state index contributed by atoms with van der Waals surface area (Å²) < 4.78 is 16.3. The van der Waals surface area contributed by atoms with Crippen LogP contribution >= 0.6 is 0 Å². The third kappa shape index (κ3) is 2.56. The summed E-state index contributed by atoms with van der Waals surface area (Å²) in [5.41, 5.74) is 0. The molecule has 0 bridgehead atoms. The predicted molar refractivity (Wildman–Crippen MR) is 49.9 cm³/mol. The van der Waals surface area contributed by atoms with Crippen molar-refractivity contribution >= 4 is 10.8 Å². The molecule has 1 rings (SSSR count). The number of methoxy groups -OCH3 is 1. The van der Waals surface area contributed by atoms with E-state index in [0.717, 1.165) is 0 Å². The van der Waals surface area contributed by atoms with Crippen LogP contribution < -0.4 is 4.74 Å². The van der Waals surface area contributed by atoms with Crippen molar-refractivity contribution in [1.82, 2.24) is 0 Å². The van der Waals surface area contributed by atoms with E-state index in [2.05, 4.69) is 0 Å². The molecule has 0 radical (unpaired) electrons. The van der Waals surface area contributed by atoms with Gasteiger partial charge in [0.1, 0.15) is 11.5 Å². The average Bonchev–Trinajstić information content (AvgIpc) is 2.18. The van der Waals surface area contributed by atoms with Crippen molar-refractivity contribution in [3.05, 3.63) is 24.3 Å². The van der Waals surface area contributed by atoms with Gasteiger partial charge >= 0.3 is 0 Å². The van der Waals surface area contributed by atoms with Crippen LogP contribution in [0.4, 0.5) is 0 Å². The fourth-order valence-corrected chi connectivity index (χ4v) is 1.65.